The summed E-state index contributed by atoms with van der Waals surface area (Å²) in [5.74, 6) is -1.88. The number of aliphatic hydroxyl groups is 1. The van der Waals surface area contributed by atoms with Crippen LogP contribution in [0.1, 0.15) is 42.5 Å². The molecule has 1 fully saturated rings. The first kappa shape index (κ1) is 17.7. The van der Waals surface area contributed by atoms with Gasteiger partial charge >= 0.3 is 6.18 Å². The minimum Gasteiger partial charge on any atom is -0.497 e. The summed E-state index contributed by atoms with van der Waals surface area (Å²) >= 11 is 0. The third kappa shape index (κ3) is 2.88. The second kappa shape index (κ2) is 6.33. The molecule has 0 bridgehead atoms. The van der Waals surface area contributed by atoms with Crippen LogP contribution in [0.5, 0.6) is 5.75 Å². The van der Waals surface area contributed by atoms with Gasteiger partial charge in [-0.2, -0.15) is 23.3 Å². The quantitative estimate of drug-likeness (QED) is 0.884. The first-order valence-electron chi connectivity index (χ1n) is 8.14. The van der Waals surface area contributed by atoms with E-state index in [1.807, 2.05) is 0 Å². The predicted octanol–water partition coefficient (Wildman–Crippen LogP) is 3.34. The van der Waals surface area contributed by atoms with Gasteiger partial charge in [-0.15, -0.1) is 0 Å². The molecule has 0 unspecified atom stereocenters. The lowest BCUT2D eigenvalue weighted by Crippen LogP contribution is -2.61. The lowest BCUT2D eigenvalue weighted by molar-refractivity contribution is -0.312. The molecular formula is C17H19F3N2O3. The molecule has 1 saturated carbocycles. The number of hydrogen-bond donors (Lipinski definition) is 1. The molecule has 1 heterocycles. The molecule has 0 spiro atoms. The lowest BCUT2D eigenvalue weighted by atomic mass is 9.87. The SMILES string of the molecule is COc1cccc(C(=O)N2N=C3CCCCC[C@H]3[C@]2(O)C(F)(F)F)c1. The van der Waals surface area contributed by atoms with Crippen molar-refractivity contribution in [3.8, 4) is 5.75 Å². The summed E-state index contributed by atoms with van der Waals surface area (Å²) in [6, 6.07) is 5.77. The number of hydrogen-bond acceptors (Lipinski definition) is 4. The van der Waals surface area contributed by atoms with Crippen molar-refractivity contribution < 1.29 is 27.8 Å². The van der Waals surface area contributed by atoms with Gasteiger partial charge in [0, 0.05) is 11.3 Å². The van der Waals surface area contributed by atoms with Gasteiger partial charge in [-0.05, 0) is 37.5 Å². The molecule has 0 aromatic heterocycles. The summed E-state index contributed by atoms with van der Waals surface area (Å²) in [4.78, 5) is 12.7. The van der Waals surface area contributed by atoms with Gasteiger partial charge in [0.15, 0.2) is 0 Å². The highest BCUT2D eigenvalue weighted by Crippen LogP contribution is 2.48. The number of amides is 1. The number of methoxy groups -OCH3 is 1. The summed E-state index contributed by atoms with van der Waals surface area (Å²) in [6.07, 6.45) is -2.47. The summed E-state index contributed by atoms with van der Waals surface area (Å²) in [7, 11) is 1.39. The van der Waals surface area contributed by atoms with E-state index in [1.54, 1.807) is 6.07 Å². The maximum Gasteiger partial charge on any atom is 0.439 e. The average Bonchev–Trinajstić information content (AvgIpc) is 2.74. The van der Waals surface area contributed by atoms with E-state index >= 15 is 0 Å². The van der Waals surface area contributed by atoms with Crippen molar-refractivity contribution in [2.24, 2.45) is 11.0 Å². The minimum absolute atomic E-state index is 0.0252. The van der Waals surface area contributed by atoms with Gasteiger partial charge < -0.3 is 9.84 Å². The first-order valence-corrected chi connectivity index (χ1v) is 8.14. The summed E-state index contributed by atoms with van der Waals surface area (Å²) in [5.41, 5.74) is -3.09. The molecule has 0 radical (unpaired) electrons. The van der Waals surface area contributed by atoms with Crippen LogP contribution in [0.25, 0.3) is 0 Å². The Morgan fingerprint density at radius 2 is 2.12 bits per heavy atom. The molecule has 2 atom stereocenters. The highest BCUT2D eigenvalue weighted by Gasteiger charge is 2.68. The van der Waals surface area contributed by atoms with Gasteiger partial charge in [-0.1, -0.05) is 18.9 Å². The third-order valence-electron chi connectivity index (χ3n) is 4.79. The largest absolute Gasteiger partial charge is 0.497 e. The molecule has 1 aromatic carbocycles. The highest BCUT2D eigenvalue weighted by molar-refractivity contribution is 5.99. The van der Waals surface area contributed by atoms with E-state index in [4.69, 9.17) is 4.74 Å². The Bertz CT molecular complexity index is 705. The van der Waals surface area contributed by atoms with Crippen molar-refractivity contribution in [1.82, 2.24) is 5.01 Å². The van der Waals surface area contributed by atoms with Crippen LogP contribution < -0.4 is 4.74 Å². The van der Waals surface area contributed by atoms with Gasteiger partial charge in [0.05, 0.1) is 13.0 Å². The molecule has 0 saturated heterocycles. The maximum absolute atomic E-state index is 13.8. The van der Waals surface area contributed by atoms with E-state index in [9.17, 15) is 23.1 Å². The Balaban J connectivity index is 2.04. The van der Waals surface area contributed by atoms with Crippen molar-refractivity contribution in [3.63, 3.8) is 0 Å². The third-order valence-corrected chi connectivity index (χ3v) is 4.79. The van der Waals surface area contributed by atoms with Crippen LogP contribution in [0.2, 0.25) is 0 Å². The summed E-state index contributed by atoms with van der Waals surface area (Å²) in [5, 5.41) is 14.7. The van der Waals surface area contributed by atoms with Gasteiger partial charge in [0.1, 0.15) is 5.75 Å². The zero-order valence-corrected chi connectivity index (χ0v) is 13.7. The van der Waals surface area contributed by atoms with E-state index in [0.717, 1.165) is 6.42 Å². The first-order chi connectivity index (χ1) is 11.8. The Labute approximate surface area is 143 Å². The molecule has 1 aromatic rings. The molecule has 136 valence electrons. The zero-order chi connectivity index (χ0) is 18.2. The van der Waals surface area contributed by atoms with Crippen LogP contribution in [0, 0.1) is 5.92 Å². The standard InChI is InChI=1S/C17H19F3N2O3/c1-25-12-7-5-6-11(10-12)15(23)22-16(24,17(18,19)20)13-8-3-2-4-9-14(13)21-22/h5-7,10,13,24H,2-4,8-9H2,1H3/t13-,16+/m1/s1. The zero-order valence-electron chi connectivity index (χ0n) is 13.7. The number of ether oxygens (including phenoxy) is 1. The van der Waals surface area contributed by atoms with Gasteiger partial charge in [0.2, 0.25) is 0 Å². The fourth-order valence-electron chi connectivity index (χ4n) is 3.47. The Morgan fingerprint density at radius 1 is 1.36 bits per heavy atom. The molecule has 25 heavy (non-hydrogen) atoms. The number of alkyl halides is 3. The average molecular weight is 356 g/mol. The van der Waals surface area contributed by atoms with Crippen LogP contribution in [0.3, 0.4) is 0 Å². The topological polar surface area (TPSA) is 62.1 Å². The normalized spacial score (nSPS) is 26.7. The maximum atomic E-state index is 13.8. The summed E-state index contributed by atoms with van der Waals surface area (Å²) in [6.45, 7) is 0. The van der Waals surface area contributed by atoms with Crippen molar-refractivity contribution in [2.75, 3.05) is 7.11 Å². The number of rotatable bonds is 2. The fourth-order valence-corrected chi connectivity index (χ4v) is 3.47. The van der Waals surface area contributed by atoms with Crippen LogP contribution in [-0.2, 0) is 0 Å². The number of benzene rings is 1. The Morgan fingerprint density at radius 3 is 2.80 bits per heavy atom. The van der Waals surface area contributed by atoms with E-state index in [2.05, 4.69) is 5.10 Å². The van der Waals surface area contributed by atoms with Crippen LogP contribution >= 0.6 is 0 Å². The van der Waals surface area contributed by atoms with Crippen LogP contribution in [0.4, 0.5) is 13.2 Å². The van der Waals surface area contributed by atoms with Crippen molar-refractivity contribution in [3.05, 3.63) is 29.8 Å². The highest BCUT2D eigenvalue weighted by atomic mass is 19.4. The molecule has 5 nitrogen and oxygen atoms in total. The Kier molecular flexibility index (Phi) is 4.49. The van der Waals surface area contributed by atoms with E-state index in [0.29, 0.717) is 25.0 Å². The molecule has 1 N–H and O–H groups in total. The second-order valence-corrected chi connectivity index (χ2v) is 6.32. The monoisotopic (exact) mass is 356 g/mol. The molecule has 8 heteroatoms. The van der Waals surface area contributed by atoms with Gasteiger partial charge in [-0.3, -0.25) is 4.79 Å². The van der Waals surface area contributed by atoms with E-state index in [1.165, 1.54) is 25.3 Å². The molecule has 1 aliphatic carbocycles. The van der Waals surface area contributed by atoms with Gasteiger partial charge in [0.25, 0.3) is 11.6 Å². The number of fused-ring (bicyclic) bond motifs is 1. The lowest BCUT2D eigenvalue weighted by Gasteiger charge is -2.37. The minimum atomic E-state index is -5.01. The number of hydrazone groups is 1. The van der Waals surface area contributed by atoms with Crippen molar-refractivity contribution in [2.45, 2.75) is 44.0 Å². The molecule has 2 aliphatic rings. The van der Waals surface area contributed by atoms with Crippen LogP contribution in [0.15, 0.2) is 29.4 Å². The van der Waals surface area contributed by atoms with E-state index < -0.39 is 23.7 Å². The molecular weight excluding hydrogens is 337 g/mol. The second-order valence-electron chi connectivity index (χ2n) is 6.32. The smallest absolute Gasteiger partial charge is 0.439 e. The fraction of sp³-hybridized carbons (Fsp3) is 0.529. The molecule has 1 aliphatic heterocycles. The molecule has 3 rings (SSSR count). The molecule has 1 amide bonds. The number of carbonyl (C=O) groups is 1. The van der Waals surface area contributed by atoms with Crippen molar-refractivity contribution in [1.29, 1.82) is 0 Å². The summed E-state index contributed by atoms with van der Waals surface area (Å²) < 4.78 is 46.3. The number of halogens is 3. The number of nitrogens with zero attached hydrogens (tertiary/aromatic N) is 2. The van der Waals surface area contributed by atoms with Crippen LogP contribution in [-0.4, -0.2) is 40.7 Å². The van der Waals surface area contributed by atoms with Gasteiger partial charge in [-0.25, -0.2) is 0 Å². The van der Waals surface area contributed by atoms with Crippen molar-refractivity contribution >= 4 is 11.6 Å². The Hall–Kier alpha value is -2.09. The predicted molar refractivity (Wildman–Crippen MR) is 84.2 cm³/mol. The number of carbonyl (C=O) groups excluding carboxylic acids is 1. The van der Waals surface area contributed by atoms with E-state index in [-0.39, 0.29) is 22.7 Å².